The van der Waals surface area contributed by atoms with Crippen LogP contribution >= 0.6 is 11.3 Å². The van der Waals surface area contributed by atoms with E-state index in [1.54, 1.807) is 30.6 Å². The molecule has 2 aromatic heterocycles. The average Bonchev–Trinajstić information content (AvgIpc) is 2.98. The van der Waals surface area contributed by atoms with E-state index in [-0.39, 0.29) is 16.9 Å². The highest BCUT2D eigenvalue weighted by atomic mass is 32.2. The van der Waals surface area contributed by atoms with Crippen LogP contribution in [0.3, 0.4) is 0 Å². The molecule has 2 N–H and O–H groups in total. The molecule has 0 amide bonds. The second-order valence-corrected chi connectivity index (χ2v) is 7.64. The summed E-state index contributed by atoms with van der Waals surface area (Å²) in [6, 6.07) is 5.26. The Bertz CT molecular complexity index is 682. The highest BCUT2D eigenvalue weighted by Gasteiger charge is 2.26. The maximum Gasteiger partial charge on any atom is 0.244 e. The molecule has 0 bridgehead atoms. The van der Waals surface area contributed by atoms with Crippen molar-refractivity contribution in [3.05, 3.63) is 40.8 Å². The lowest BCUT2D eigenvalue weighted by Gasteiger charge is -2.21. The summed E-state index contributed by atoms with van der Waals surface area (Å²) >= 11 is 1.55. The number of sulfonamides is 1. The molecule has 0 fully saturated rings. The van der Waals surface area contributed by atoms with Gasteiger partial charge in [0.1, 0.15) is 4.90 Å². The molecule has 0 aliphatic carbocycles. The summed E-state index contributed by atoms with van der Waals surface area (Å²) in [5.74, 6) is 0.146. The van der Waals surface area contributed by atoms with Gasteiger partial charge in [0.2, 0.25) is 10.0 Å². The van der Waals surface area contributed by atoms with E-state index in [1.165, 1.54) is 6.20 Å². The third-order valence-corrected chi connectivity index (χ3v) is 5.57. The Morgan fingerprint density at radius 2 is 2.05 bits per heavy atom. The van der Waals surface area contributed by atoms with E-state index in [0.29, 0.717) is 5.69 Å². The number of rotatable bonds is 6. The van der Waals surface area contributed by atoms with Crippen LogP contribution in [0, 0.1) is 5.92 Å². The summed E-state index contributed by atoms with van der Waals surface area (Å²) in [4.78, 5) is 5.08. The Kier molecular flexibility index (Phi) is 4.97. The first kappa shape index (κ1) is 15.9. The first-order valence-electron chi connectivity index (χ1n) is 6.63. The molecule has 0 aliphatic rings. The summed E-state index contributed by atoms with van der Waals surface area (Å²) in [5.41, 5.74) is 0.534. The molecular formula is C14H19N3O2S2. The summed E-state index contributed by atoms with van der Waals surface area (Å²) < 4.78 is 28.1. The molecule has 0 radical (unpaired) electrons. The predicted octanol–water partition coefficient (Wildman–Crippen LogP) is 2.86. The van der Waals surface area contributed by atoms with Gasteiger partial charge in [-0.2, -0.15) is 0 Å². The fraction of sp³-hybridized carbons (Fsp3) is 0.357. The van der Waals surface area contributed by atoms with Gasteiger partial charge in [-0.3, -0.25) is 4.98 Å². The molecule has 7 heteroatoms. The molecular weight excluding hydrogens is 306 g/mol. The van der Waals surface area contributed by atoms with Crippen molar-refractivity contribution in [3.8, 4) is 0 Å². The highest BCUT2D eigenvalue weighted by Crippen LogP contribution is 2.29. The van der Waals surface area contributed by atoms with Gasteiger partial charge in [-0.05, 0) is 23.4 Å². The van der Waals surface area contributed by atoms with Crippen LogP contribution in [0.1, 0.15) is 24.8 Å². The number of pyridine rings is 1. The van der Waals surface area contributed by atoms with Crippen LogP contribution in [0.25, 0.3) is 0 Å². The summed E-state index contributed by atoms with van der Waals surface area (Å²) in [6.45, 7) is 3.99. The number of nitrogens with one attached hydrogen (secondary N) is 2. The second-order valence-electron chi connectivity index (χ2n) is 4.98. The Hall–Kier alpha value is -1.44. The highest BCUT2D eigenvalue weighted by molar-refractivity contribution is 7.89. The van der Waals surface area contributed by atoms with Crippen molar-refractivity contribution in [1.82, 2.24) is 9.71 Å². The molecule has 0 saturated heterocycles. The van der Waals surface area contributed by atoms with Crippen molar-refractivity contribution in [2.24, 2.45) is 5.92 Å². The van der Waals surface area contributed by atoms with Gasteiger partial charge in [0.15, 0.2) is 0 Å². The number of hydrogen-bond donors (Lipinski definition) is 2. The van der Waals surface area contributed by atoms with Crippen LogP contribution in [0.5, 0.6) is 0 Å². The van der Waals surface area contributed by atoms with Crippen molar-refractivity contribution in [1.29, 1.82) is 0 Å². The quantitative estimate of drug-likeness (QED) is 0.857. The van der Waals surface area contributed by atoms with Crippen LogP contribution in [0.2, 0.25) is 0 Å². The number of nitrogens with zero attached hydrogens (tertiary/aromatic N) is 1. The smallest absolute Gasteiger partial charge is 0.244 e. The van der Waals surface area contributed by atoms with Gasteiger partial charge in [-0.25, -0.2) is 13.1 Å². The van der Waals surface area contributed by atoms with E-state index in [9.17, 15) is 8.42 Å². The first-order valence-corrected chi connectivity index (χ1v) is 8.99. The summed E-state index contributed by atoms with van der Waals surface area (Å²) in [7, 11) is -1.95. The van der Waals surface area contributed by atoms with E-state index >= 15 is 0 Å². The summed E-state index contributed by atoms with van der Waals surface area (Å²) in [6.07, 6.45) is 2.92. The molecule has 114 valence electrons. The number of thiophene rings is 1. The van der Waals surface area contributed by atoms with Gasteiger partial charge in [0.25, 0.3) is 0 Å². The Labute approximate surface area is 129 Å². The average molecular weight is 325 g/mol. The lowest BCUT2D eigenvalue weighted by Crippen LogP contribution is -2.31. The van der Waals surface area contributed by atoms with Gasteiger partial charge in [-0.15, -0.1) is 11.3 Å². The zero-order chi connectivity index (χ0) is 15.5. The molecule has 0 aliphatic heterocycles. The van der Waals surface area contributed by atoms with Crippen LogP contribution < -0.4 is 10.0 Å². The standard InChI is InChI=1S/C14H19N3O2S2/c1-10(2)14(12-5-4-8-20-12)17-21(18,19)13-9-16-7-6-11(13)15-3/h4-10,14,17H,1-3H3,(H,15,16). The van der Waals surface area contributed by atoms with Gasteiger partial charge in [-0.1, -0.05) is 19.9 Å². The maximum atomic E-state index is 12.6. The fourth-order valence-corrected chi connectivity index (χ4v) is 4.57. The van der Waals surface area contributed by atoms with E-state index in [2.05, 4.69) is 15.0 Å². The molecule has 1 atom stereocenters. The van der Waals surface area contributed by atoms with Crippen LogP contribution in [0.4, 0.5) is 5.69 Å². The van der Waals surface area contributed by atoms with Gasteiger partial charge < -0.3 is 5.32 Å². The molecule has 5 nitrogen and oxygen atoms in total. The van der Waals surface area contributed by atoms with Gasteiger partial charge >= 0.3 is 0 Å². The Morgan fingerprint density at radius 1 is 1.29 bits per heavy atom. The van der Waals surface area contributed by atoms with Crippen molar-refractivity contribution in [2.75, 3.05) is 12.4 Å². The zero-order valence-electron chi connectivity index (χ0n) is 12.2. The van der Waals surface area contributed by atoms with Crippen LogP contribution in [0.15, 0.2) is 40.9 Å². The molecule has 2 aromatic rings. The third-order valence-electron chi connectivity index (χ3n) is 3.14. The molecule has 2 heterocycles. The molecule has 0 spiro atoms. The molecule has 21 heavy (non-hydrogen) atoms. The van der Waals surface area contributed by atoms with Crippen molar-refractivity contribution in [3.63, 3.8) is 0 Å². The molecule has 2 rings (SSSR count). The van der Waals surface area contributed by atoms with Crippen molar-refractivity contribution in [2.45, 2.75) is 24.8 Å². The number of aromatic nitrogens is 1. The molecule has 0 saturated carbocycles. The summed E-state index contributed by atoms with van der Waals surface area (Å²) in [5, 5.41) is 4.83. The van der Waals surface area contributed by atoms with E-state index in [1.807, 2.05) is 31.4 Å². The minimum Gasteiger partial charge on any atom is -0.387 e. The van der Waals surface area contributed by atoms with Crippen molar-refractivity contribution < 1.29 is 8.42 Å². The van der Waals surface area contributed by atoms with Crippen molar-refractivity contribution >= 4 is 27.0 Å². The SMILES string of the molecule is CNc1ccncc1S(=O)(=O)NC(c1cccs1)C(C)C. The maximum absolute atomic E-state index is 12.6. The van der Waals surface area contributed by atoms with Gasteiger partial charge in [0.05, 0.1) is 11.7 Å². The lowest BCUT2D eigenvalue weighted by molar-refractivity contribution is 0.469. The monoisotopic (exact) mass is 325 g/mol. The van der Waals surface area contributed by atoms with Gasteiger partial charge in [0, 0.05) is 24.3 Å². The van der Waals surface area contributed by atoms with Crippen LogP contribution in [-0.2, 0) is 10.0 Å². The third kappa shape index (κ3) is 3.61. The Morgan fingerprint density at radius 3 is 2.62 bits per heavy atom. The minimum atomic E-state index is -3.64. The van der Waals surface area contributed by atoms with E-state index in [4.69, 9.17) is 0 Å². The first-order chi connectivity index (χ1) is 9.95. The second kappa shape index (κ2) is 6.55. The normalized spacial score (nSPS) is 13.3. The molecule has 0 aromatic carbocycles. The number of anilines is 1. The largest absolute Gasteiger partial charge is 0.387 e. The van der Waals surface area contributed by atoms with E-state index < -0.39 is 10.0 Å². The predicted molar refractivity (Wildman–Crippen MR) is 86.0 cm³/mol. The molecule has 1 unspecified atom stereocenters. The minimum absolute atomic E-state index is 0.146. The van der Waals surface area contributed by atoms with Crippen LogP contribution in [-0.4, -0.2) is 20.4 Å². The topological polar surface area (TPSA) is 71.1 Å². The zero-order valence-corrected chi connectivity index (χ0v) is 13.8. The lowest BCUT2D eigenvalue weighted by atomic mass is 10.0. The Balaban J connectivity index is 2.35. The fourth-order valence-electron chi connectivity index (χ4n) is 2.02. The number of hydrogen-bond acceptors (Lipinski definition) is 5. The van der Waals surface area contributed by atoms with E-state index in [0.717, 1.165) is 4.88 Å².